The third-order valence-corrected chi connectivity index (χ3v) is 8.08. The minimum atomic E-state index is -3.30. The second kappa shape index (κ2) is 5.97. The van der Waals surface area contributed by atoms with Gasteiger partial charge in [0.1, 0.15) is 0 Å². The number of sulfone groups is 1. The van der Waals surface area contributed by atoms with E-state index in [1.54, 1.807) is 29.2 Å². The number of carbonyl (C=O) groups excluding carboxylic acids is 1. The van der Waals surface area contributed by atoms with E-state index in [2.05, 4.69) is 5.32 Å². The molecule has 0 bridgehead atoms. The smallest absolute Gasteiger partial charge is 0.317 e. The lowest BCUT2D eigenvalue weighted by Crippen LogP contribution is -2.43. The third kappa shape index (κ3) is 2.58. The molecule has 2 fully saturated rings. The number of aliphatic carboxylic acids is 1. The van der Waals surface area contributed by atoms with Gasteiger partial charge in [-0.05, 0) is 30.4 Å². The molecule has 140 valence electrons. The number of nitrogens with one attached hydrogen (secondary N) is 1. The monoisotopic (exact) mass is 378 g/mol. The Kier molecular flexibility index (Phi) is 3.98. The quantitative estimate of drug-likeness (QED) is 0.829. The first-order valence-electron chi connectivity index (χ1n) is 8.91. The van der Waals surface area contributed by atoms with E-state index in [-0.39, 0.29) is 36.7 Å². The van der Waals surface area contributed by atoms with Crippen molar-refractivity contribution >= 4 is 21.8 Å². The summed E-state index contributed by atoms with van der Waals surface area (Å²) < 4.78 is 24.5. The summed E-state index contributed by atoms with van der Waals surface area (Å²) in [7, 11) is -3.30. The van der Waals surface area contributed by atoms with E-state index in [0.29, 0.717) is 17.9 Å². The van der Waals surface area contributed by atoms with Crippen molar-refractivity contribution in [3.05, 3.63) is 29.8 Å². The highest BCUT2D eigenvalue weighted by Crippen LogP contribution is 2.48. The molecule has 3 aliphatic rings. The van der Waals surface area contributed by atoms with Crippen LogP contribution in [0.4, 0.5) is 4.79 Å². The minimum Gasteiger partial charge on any atom is -0.481 e. The molecule has 1 aromatic rings. The van der Waals surface area contributed by atoms with Crippen LogP contribution in [0.2, 0.25) is 0 Å². The molecule has 2 N–H and O–H groups in total. The second-order valence-electron chi connectivity index (χ2n) is 7.63. The summed E-state index contributed by atoms with van der Waals surface area (Å²) in [6.45, 7) is 0.923. The van der Waals surface area contributed by atoms with Crippen molar-refractivity contribution in [3.63, 3.8) is 0 Å². The first-order chi connectivity index (χ1) is 12.3. The number of rotatable bonds is 3. The minimum absolute atomic E-state index is 0.00564. The van der Waals surface area contributed by atoms with Crippen LogP contribution in [-0.2, 0) is 14.6 Å². The van der Waals surface area contributed by atoms with Gasteiger partial charge < -0.3 is 15.3 Å². The zero-order valence-electron chi connectivity index (χ0n) is 14.3. The predicted molar refractivity (Wildman–Crippen MR) is 93.6 cm³/mol. The Morgan fingerprint density at radius 2 is 2.08 bits per heavy atom. The number of carbonyl (C=O) groups is 2. The van der Waals surface area contributed by atoms with Crippen molar-refractivity contribution in [2.24, 2.45) is 11.3 Å². The van der Waals surface area contributed by atoms with E-state index in [4.69, 9.17) is 0 Å². The van der Waals surface area contributed by atoms with Crippen LogP contribution in [0, 0.1) is 11.3 Å². The number of carboxylic acids is 1. The van der Waals surface area contributed by atoms with Gasteiger partial charge in [-0.25, -0.2) is 13.2 Å². The van der Waals surface area contributed by atoms with Gasteiger partial charge in [-0.1, -0.05) is 24.6 Å². The number of amides is 2. The number of hydrogen-bond donors (Lipinski definition) is 2. The molecule has 3 atom stereocenters. The Balaban J connectivity index is 1.42. The zero-order chi connectivity index (χ0) is 18.5. The van der Waals surface area contributed by atoms with Crippen molar-refractivity contribution in [3.8, 4) is 0 Å². The van der Waals surface area contributed by atoms with Crippen LogP contribution in [0.1, 0.15) is 30.7 Å². The van der Waals surface area contributed by atoms with Gasteiger partial charge in [-0.3, -0.25) is 4.79 Å². The number of hydrogen-bond acceptors (Lipinski definition) is 4. The van der Waals surface area contributed by atoms with Crippen LogP contribution in [0.5, 0.6) is 0 Å². The van der Waals surface area contributed by atoms with E-state index in [1.165, 1.54) is 0 Å². The molecule has 0 spiro atoms. The Bertz CT molecular complexity index is 868. The molecular weight excluding hydrogens is 356 g/mol. The fourth-order valence-corrected chi connectivity index (χ4v) is 6.72. The summed E-state index contributed by atoms with van der Waals surface area (Å²) in [5.41, 5.74) is -0.0613. The van der Waals surface area contributed by atoms with E-state index >= 15 is 0 Å². The van der Waals surface area contributed by atoms with Gasteiger partial charge in [0, 0.05) is 25.6 Å². The van der Waals surface area contributed by atoms with Gasteiger partial charge in [0.2, 0.25) is 0 Å². The molecule has 2 amide bonds. The Morgan fingerprint density at radius 1 is 1.31 bits per heavy atom. The highest BCUT2D eigenvalue weighted by atomic mass is 32.2. The molecule has 0 radical (unpaired) electrons. The first kappa shape index (κ1) is 17.3. The zero-order valence-corrected chi connectivity index (χ0v) is 15.2. The Morgan fingerprint density at radius 3 is 2.81 bits per heavy atom. The maximum absolute atomic E-state index is 12.5. The summed E-state index contributed by atoms with van der Waals surface area (Å²) in [5.74, 6) is -1.07. The summed E-state index contributed by atoms with van der Waals surface area (Å²) in [6.07, 6.45) is 2.35. The fraction of sp³-hybridized carbons (Fsp3) is 0.556. The highest BCUT2D eigenvalue weighted by Gasteiger charge is 2.55. The number of carboxylic acid groups (broad SMARTS) is 1. The van der Waals surface area contributed by atoms with E-state index in [0.717, 1.165) is 18.4 Å². The molecule has 0 aromatic heterocycles. The predicted octanol–water partition coefficient (Wildman–Crippen LogP) is 1.45. The molecule has 7 nitrogen and oxygen atoms in total. The maximum Gasteiger partial charge on any atom is 0.317 e. The number of nitrogens with zero attached hydrogens (tertiary/aromatic N) is 1. The van der Waals surface area contributed by atoms with Gasteiger partial charge in [0.15, 0.2) is 9.84 Å². The van der Waals surface area contributed by atoms with Crippen LogP contribution < -0.4 is 5.32 Å². The first-order valence-corrected chi connectivity index (χ1v) is 10.6. The van der Waals surface area contributed by atoms with Gasteiger partial charge in [-0.2, -0.15) is 0 Å². The van der Waals surface area contributed by atoms with Crippen molar-refractivity contribution < 1.29 is 23.1 Å². The standard InChI is InChI=1S/C18H22N2O5S/c21-16(22)18-7-3-4-13(18)9-20(11-18)17(23)19-8-12-10-26(24,25)15-6-2-1-5-14(12)15/h1-2,5-6,12-13H,3-4,7-11H2,(H,19,23)(H,21,22)/t12?,13-,18+/m0/s1. The van der Waals surface area contributed by atoms with Crippen LogP contribution >= 0.6 is 0 Å². The molecule has 26 heavy (non-hydrogen) atoms. The molecule has 4 rings (SSSR count). The Hall–Kier alpha value is -2.09. The number of likely N-dealkylation sites (tertiary alicyclic amines) is 1. The van der Waals surface area contributed by atoms with Crippen LogP contribution in [0.15, 0.2) is 29.2 Å². The van der Waals surface area contributed by atoms with E-state index in [9.17, 15) is 23.1 Å². The van der Waals surface area contributed by atoms with Crippen LogP contribution in [0.3, 0.4) is 0 Å². The molecule has 1 unspecified atom stereocenters. The third-order valence-electron chi connectivity index (χ3n) is 6.20. The second-order valence-corrected chi connectivity index (χ2v) is 9.64. The molecule has 1 aromatic carbocycles. The van der Waals surface area contributed by atoms with Crippen molar-refractivity contribution in [1.82, 2.24) is 10.2 Å². The summed E-state index contributed by atoms with van der Waals surface area (Å²) >= 11 is 0. The van der Waals surface area contributed by atoms with Gasteiger partial charge in [0.05, 0.1) is 16.1 Å². The lowest BCUT2D eigenvalue weighted by Gasteiger charge is -2.23. The summed E-state index contributed by atoms with van der Waals surface area (Å²) in [6, 6.07) is 6.58. The largest absolute Gasteiger partial charge is 0.481 e. The van der Waals surface area contributed by atoms with E-state index < -0.39 is 21.2 Å². The number of benzene rings is 1. The normalized spacial score (nSPS) is 31.5. The highest BCUT2D eigenvalue weighted by molar-refractivity contribution is 7.91. The molecular formula is C18H22N2O5S. The number of fused-ring (bicyclic) bond motifs is 2. The van der Waals surface area contributed by atoms with Gasteiger partial charge in [0.25, 0.3) is 0 Å². The van der Waals surface area contributed by atoms with Crippen LogP contribution in [0.25, 0.3) is 0 Å². The average molecular weight is 378 g/mol. The molecule has 2 heterocycles. The molecule has 8 heteroatoms. The summed E-state index contributed by atoms with van der Waals surface area (Å²) in [5, 5.41) is 12.4. The lowest BCUT2D eigenvalue weighted by atomic mass is 9.81. The van der Waals surface area contributed by atoms with Gasteiger partial charge >= 0.3 is 12.0 Å². The van der Waals surface area contributed by atoms with Crippen molar-refractivity contribution in [2.75, 3.05) is 25.4 Å². The Labute approximate surface area is 152 Å². The fourth-order valence-electron chi connectivity index (χ4n) is 4.83. The molecule has 2 aliphatic heterocycles. The van der Waals surface area contributed by atoms with Crippen molar-refractivity contribution in [1.29, 1.82) is 0 Å². The maximum atomic E-state index is 12.5. The molecule has 1 saturated heterocycles. The topological polar surface area (TPSA) is 104 Å². The summed E-state index contributed by atoms with van der Waals surface area (Å²) in [4.78, 5) is 26.2. The molecule has 1 saturated carbocycles. The molecule has 1 aliphatic carbocycles. The number of urea groups is 1. The van der Waals surface area contributed by atoms with E-state index in [1.807, 2.05) is 0 Å². The SMILES string of the molecule is O=C(NCC1CS(=O)(=O)c2ccccc21)N1C[C@@H]2CCC[C@@]2(C(=O)O)C1. The lowest BCUT2D eigenvalue weighted by molar-refractivity contribution is -0.149. The van der Waals surface area contributed by atoms with Crippen molar-refractivity contribution in [2.45, 2.75) is 30.1 Å². The average Bonchev–Trinajstić information content (AvgIpc) is 3.23. The van der Waals surface area contributed by atoms with Crippen LogP contribution in [-0.4, -0.2) is 55.8 Å². The van der Waals surface area contributed by atoms with Gasteiger partial charge in [-0.15, -0.1) is 0 Å².